The quantitative estimate of drug-likeness (QED) is 0.799. The van der Waals surface area contributed by atoms with Crippen LogP contribution in [0.5, 0.6) is 11.6 Å². The van der Waals surface area contributed by atoms with Crippen molar-refractivity contribution in [1.82, 2.24) is 14.6 Å². The number of pyridine rings is 1. The highest BCUT2D eigenvalue weighted by atomic mass is 16.5. The van der Waals surface area contributed by atoms with E-state index in [1.165, 1.54) is 12.4 Å². The number of fused-ring (bicyclic) bond motifs is 1. The molecule has 6 nitrogen and oxygen atoms in total. The molecule has 0 bridgehead atoms. The average Bonchev–Trinajstić information content (AvgIpc) is 2.86. The van der Waals surface area contributed by atoms with Crippen LogP contribution >= 0.6 is 0 Å². The van der Waals surface area contributed by atoms with E-state index in [1.807, 2.05) is 19.1 Å². The lowest BCUT2D eigenvalue weighted by Gasteiger charge is -2.09. The minimum absolute atomic E-state index is 0.262. The number of hydrogen-bond acceptors (Lipinski definition) is 4. The van der Waals surface area contributed by atoms with E-state index in [-0.39, 0.29) is 5.56 Å². The van der Waals surface area contributed by atoms with Gasteiger partial charge >= 0.3 is 5.97 Å². The molecule has 0 aliphatic carbocycles. The van der Waals surface area contributed by atoms with E-state index in [1.54, 1.807) is 23.6 Å². The van der Waals surface area contributed by atoms with Gasteiger partial charge in [0.2, 0.25) is 5.88 Å². The van der Waals surface area contributed by atoms with Crippen molar-refractivity contribution < 1.29 is 14.6 Å². The predicted molar refractivity (Wildman–Crippen MR) is 75.9 cm³/mol. The van der Waals surface area contributed by atoms with Gasteiger partial charge in [0.05, 0.1) is 5.56 Å². The van der Waals surface area contributed by atoms with Gasteiger partial charge in [-0.2, -0.15) is 9.61 Å². The summed E-state index contributed by atoms with van der Waals surface area (Å²) in [4.78, 5) is 15.1. The fraction of sp³-hybridized carbons (Fsp3) is 0.133. The zero-order chi connectivity index (χ0) is 15.0. The van der Waals surface area contributed by atoms with Crippen LogP contribution in [0.2, 0.25) is 0 Å². The number of rotatable bonds is 3. The number of carboxylic acid groups (broad SMARTS) is 1. The standard InChI is InChI=1S/C15H13N3O3/c1-9-5-13-16-8-17-18(13)14(6-9)21-11-3-4-12(15(19)20)10(2)7-11/h3-8H,1-2H3,(H,19,20). The van der Waals surface area contributed by atoms with Gasteiger partial charge in [0, 0.05) is 6.07 Å². The summed E-state index contributed by atoms with van der Waals surface area (Å²) in [6.07, 6.45) is 1.46. The Morgan fingerprint density at radius 3 is 2.76 bits per heavy atom. The van der Waals surface area contributed by atoms with Crippen molar-refractivity contribution in [1.29, 1.82) is 0 Å². The first-order valence-electron chi connectivity index (χ1n) is 6.37. The van der Waals surface area contributed by atoms with Crippen LogP contribution in [0.25, 0.3) is 5.65 Å². The third-order valence-corrected chi connectivity index (χ3v) is 3.14. The number of aromatic nitrogens is 3. The lowest BCUT2D eigenvalue weighted by atomic mass is 10.1. The second kappa shape index (κ2) is 4.90. The van der Waals surface area contributed by atoms with Gasteiger partial charge in [-0.05, 0) is 49.2 Å². The van der Waals surface area contributed by atoms with E-state index in [4.69, 9.17) is 9.84 Å². The molecular formula is C15H13N3O3. The van der Waals surface area contributed by atoms with Crippen LogP contribution in [-0.2, 0) is 0 Å². The molecule has 1 aromatic carbocycles. The maximum Gasteiger partial charge on any atom is 0.335 e. The molecule has 21 heavy (non-hydrogen) atoms. The molecule has 0 fully saturated rings. The summed E-state index contributed by atoms with van der Waals surface area (Å²) in [6, 6.07) is 8.60. The smallest absolute Gasteiger partial charge is 0.335 e. The van der Waals surface area contributed by atoms with E-state index in [0.29, 0.717) is 22.8 Å². The van der Waals surface area contributed by atoms with E-state index >= 15 is 0 Å². The molecule has 6 heteroatoms. The van der Waals surface area contributed by atoms with Crippen LogP contribution < -0.4 is 4.74 Å². The van der Waals surface area contributed by atoms with Crippen molar-refractivity contribution in [2.24, 2.45) is 0 Å². The molecule has 106 valence electrons. The number of aromatic carboxylic acids is 1. The largest absolute Gasteiger partial charge is 0.478 e. The monoisotopic (exact) mass is 283 g/mol. The molecule has 0 saturated heterocycles. The van der Waals surface area contributed by atoms with Crippen molar-refractivity contribution in [2.75, 3.05) is 0 Å². The van der Waals surface area contributed by atoms with Crippen molar-refractivity contribution >= 4 is 11.6 Å². The second-order valence-electron chi connectivity index (χ2n) is 4.78. The molecule has 0 unspecified atom stereocenters. The molecule has 2 aromatic heterocycles. The van der Waals surface area contributed by atoms with Crippen LogP contribution in [0.1, 0.15) is 21.5 Å². The van der Waals surface area contributed by atoms with Gasteiger partial charge in [0.25, 0.3) is 0 Å². The first-order chi connectivity index (χ1) is 10.0. The average molecular weight is 283 g/mol. The molecule has 1 N–H and O–H groups in total. The summed E-state index contributed by atoms with van der Waals surface area (Å²) in [7, 11) is 0. The number of carbonyl (C=O) groups is 1. The first-order valence-corrected chi connectivity index (χ1v) is 6.37. The Labute approximate surface area is 120 Å². The van der Waals surface area contributed by atoms with Gasteiger partial charge in [0.15, 0.2) is 5.65 Å². The van der Waals surface area contributed by atoms with Gasteiger partial charge in [-0.25, -0.2) is 9.78 Å². The molecule has 2 heterocycles. The summed E-state index contributed by atoms with van der Waals surface area (Å²) < 4.78 is 7.40. The third kappa shape index (κ3) is 2.43. The summed E-state index contributed by atoms with van der Waals surface area (Å²) in [5.74, 6) is 0.137. The predicted octanol–water partition coefficient (Wildman–Crippen LogP) is 2.84. The van der Waals surface area contributed by atoms with Crippen molar-refractivity contribution in [3.8, 4) is 11.6 Å². The van der Waals surface area contributed by atoms with Gasteiger partial charge in [-0.1, -0.05) is 0 Å². The Morgan fingerprint density at radius 1 is 1.24 bits per heavy atom. The van der Waals surface area contributed by atoms with Gasteiger partial charge in [-0.3, -0.25) is 0 Å². The fourth-order valence-electron chi connectivity index (χ4n) is 2.15. The summed E-state index contributed by atoms with van der Waals surface area (Å²) in [6.45, 7) is 3.68. The summed E-state index contributed by atoms with van der Waals surface area (Å²) in [5.41, 5.74) is 2.60. The number of hydrogen-bond donors (Lipinski definition) is 1. The van der Waals surface area contributed by atoms with E-state index in [9.17, 15) is 4.79 Å². The second-order valence-corrected chi connectivity index (χ2v) is 4.78. The molecular weight excluding hydrogens is 270 g/mol. The molecule has 0 aliphatic heterocycles. The molecule has 0 spiro atoms. The fourth-order valence-corrected chi connectivity index (χ4v) is 2.15. The highest BCUT2D eigenvalue weighted by Gasteiger charge is 2.10. The number of carboxylic acids is 1. The minimum Gasteiger partial charge on any atom is -0.478 e. The van der Waals surface area contributed by atoms with Crippen LogP contribution in [0.3, 0.4) is 0 Å². The highest BCUT2D eigenvalue weighted by Crippen LogP contribution is 2.25. The highest BCUT2D eigenvalue weighted by molar-refractivity contribution is 5.89. The first kappa shape index (κ1) is 13.1. The van der Waals surface area contributed by atoms with E-state index in [2.05, 4.69) is 10.1 Å². The Hall–Kier alpha value is -2.89. The number of nitrogens with zero attached hydrogens (tertiary/aromatic N) is 3. The minimum atomic E-state index is -0.951. The van der Waals surface area contributed by atoms with E-state index < -0.39 is 5.97 Å². The Morgan fingerprint density at radius 2 is 2.05 bits per heavy atom. The lowest BCUT2D eigenvalue weighted by molar-refractivity contribution is 0.0696. The number of ether oxygens (including phenoxy) is 1. The van der Waals surface area contributed by atoms with Gasteiger partial charge in [-0.15, -0.1) is 0 Å². The molecule has 0 saturated carbocycles. The Balaban J connectivity index is 2.00. The van der Waals surface area contributed by atoms with Crippen molar-refractivity contribution in [3.63, 3.8) is 0 Å². The van der Waals surface area contributed by atoms with Crippen LogP contribution in [0.15, 0.2) is 36.7 Å². The zero-order valence-corrected chi connectivity index (χ0v) is 11.6. The maximum atomic E-state index is 11.0. The molecule has 3 aromatic rings. The van der Waals surface area contributed by atoms with Gasteiger partial charge in [0.1, 0.15) is 12.1 Å². The van der Waals surface area contributed by atoms with Gasteiger partial charge < -0.3 is 9.84 Å². The Bertz CT molecular complexity index is 839. The zero-order valence-electron chi connectivity index (χ0n) is 11.6. The van der Waals surface area contributed by atoms with Crippen molar-refractivity contribution in [2.45, 2.75) is 13.8 Å². The molecule has 3 rings (SSSR count). The van der Waals surface area contributed by atoms with Crippen LogP contribution in [0, 0.1) is 13.8 Å². The topological polar surface area (TPSA) is 76.7 Å². The van der Waals surface area contributed by atoms with Crippen LogP contribution in [-0.4, -0.2) is 25.7 Å². The molecule has 0 radical (unpaired) electrons. The molecule has 0 atom stereocenters. The van der Waals surface area contributed by atoms with E-state index in [0.717, 1.165) is 5.56 Å². The summed E-state index contributed by atoms with van der Waals surface area (Å²) in [5, 5.41) is 13.1. The SMILES string of the molecule is Cc1cc(Oc2ccc(C(=O)O)c(C)c2)n2ncnc2c1. The molecule has 0 amide bonds. The lowest BCUT2D eigenvalue weighted by Crippen LogP contribution is -2.01. The number of benzene rings is 1. The Kier molecular flexibility index (Phi) is 3.06. The summed E-state index contributed by atoms with van der Waals surface area (Å²) >= 11 is 0. The maximum absolute atomic E-state index is 11.0. The van der Waals surface area contributed by atoms with Crippen LogP contribution in [0.4, 0.5) is 0 Å². The van der Waals surface area contributed by atoms with Crippen molar-refractivity contribution in [3.05, 3.63) is 53.3 Å². The third-order valence-electron chi connectivity index (χ3n) is 3.14. The number of aryl methyl sites for hydroxylation is 2. The molecule has 0 aliphatic rings. The normalized spacial score (nSPS) is 10.8.